The molecular weight excluding hydrogens is 270 g/mol. The third-order valence-electron chi connectivity index (χ3n) is 3.17. The second-order valence-electron chi connectivity index (χ2n) is 4.70. The number of aromatic amines is 1. The number of carbonyl (C=O) groups excluding carboxylic acids is 2. The lowest BCUT2D eigenvalue weighted by Gasteiger charge is -2.17. The number of aromatic nitrogens is 1. The largest absolute Gasteiger partial charge is 0.464 e. The highest BCUT2D eigenvalue weighted by molar-refractivity contribution is 5.94. The highest BCUT2D eigenvalue weighted by Gasteiger charge is 2.21. The van der Waals surface area contributed by atoms with Gasteiger partial charge in [0.05, 0.1) is 12.3 Å². The van der Waals surface area contributed by atoms with Gasteiger partial charge in [0.25, 0.3) is 0 Å². The molecule has 0 aliphatic carbocycles. The smallest absolute Gasteiger partial charge is 0.328 e. The first-order valence-electron chi connectivity index (χ1n) is 6.89. The number of H-pyrrole nitrogens is 1. The quantitative estimate of drug-likeness (QED) is 0.677. The number of primary amides is 1. The van der Waals surface area contributed by atoms with Crippen LogP contribution in [0.25, 0.3) is 10.9 Å². The highest BCUT2D eigenvalue weighted by Crippen LogP contribution is 2.24. The van der Waals surface area contributed by atoms with Gasteiger partial charge in [0.15, 0.2) is 0 Å². The van der Waals surface area contributed by atoms with Crippen LogP contribution in [0.2, 0.25) is 0 Å². The van der Waals surface area contributed by atoms with Gasteiger partial charge in [-0.25, -0.2) is 4.79 Å². The molecule has 6 heteroatoms. The molecular formula is C15H19N3O3. The van der Waals surface area contributed by atoms with E-state index in [4.69, 9.17) is 10.5 Å². The van der Waals surface area contributed by atoms with Gasteiger partial charge in [-0.2, -0.15) is 0 Å². The predicted octanol–water partition coefficient (Wildman–Crippen LogP) is 1.78. The minimum absolute atomic E-state index is 0.124. The van der Waals surface area contributed by atoms with Crippen LogP contribution in [-0.4, -0.2) is 29.5 Å². The zero-order chi connectivity index (χ0) is 15.2. The Hall–Kier alpha value is -2.50. The second-order valence-corrected chi connectivity index (χ2v) is 4.70. The fraction of sp³-hybridized carbons (Fsp3) is 0.333. The van der Waals surface area contributed by atoms with Crippen LogP contribution in [0, 0.1) is 0 Å². The number of para-hydroxylation sites is 1. The van der Waals surface area contributed by atoms with Crippen molar-refractivity contribution in [1.29, 1.82) is 0 Å². The lowest BCUT2D eigenvalue weighted by atomic mass is 10.1. The molecule has 1 amide bonds. The van der Waals surface area contributed by atoms with Crippen molar-refractivity contribution in [3.05, 3.63) is 30.5 Å². The van der Waals surface area contributed by atoms with Crippen LogP contribution in [0.4, 0.5) is 5.69 Å². The minimum atomic E-state index is -0.600. The van der Waals surface area contributed by atoms with Crippen molar-refractivity contribution in [1.82, 2.24) is 4.98 Å². The zero-order valence-corrected chi connectivity index (χ0v) is 11.9. The Kier molecular flexibility index (Phi) is 4.81. The van der Waals surface area contributed by atoms with Crippen LogP contribution in [-0.2, 0) is 14.3 Å². The third-order valence-corrected chi connectivity index (χ3v) is 3.17. The molecule has 0 spiro atoms. The Morgan fingerprint density at radius 3 is 2.86 bits per heavy atom. The number of nitrogens with one attached hydrogen (secondary N) is 2. The van der Waals surface area contributed by atoms with Gasteiger partial charge >= 0.3 is 5.97 Å². The second kappa shape index (κ2) is 6.78. The van der Waals surface area contributed by atoms with Gasteiger partial charge in [-0.1, -0.05) is 18.2 Å². The number of fused-ring (bicyclic) bond motifs is 1. The molecule has 2 aromatic rings. The van der Waals surface area contributed by atoms with Gasteiger partial charge in [0.2, 0.25) is 5.91 Å². The molecule has 0 aliphatic heterocycles. The van der Waals surface area contributed by atoms with Crippen LogP contribution in [0.3, 0.4) is 0 Å². The zero-order valence-electron chi connectivity index (χ0n) is 11.9. The number of benzene rings is 1. The highest BCUT2D eigenvalue weighted by atomic mass is 16.5. The standard InChI is InChI=1S/C15H19N3O3/c1-2-21-15(20)12(7-8-14(16)19)18-13-9-17-11-6-4-3-5-10(11)13/h3-6,9,12,17-18H,2,7-8H2,1H3,(H2,16,19)/t12-/m0/s1. The molecule has 0 bridgehead atoms. The number of hydrogen-bond donors (Lipinski definition) is 3. The number of anilines is 1. The summed E-state index contributed by atoms with van der Waals surface area (Å²) < 4.78 is 5.03. The minimum Gasteiger partial charge on any atom is -0.464 e. The summed E-state index contributed by atoms with van der Waals surface area (Å²) in [7, 11) is 0. The van der Waals surface area contributed by atoms with Crippen molar-refractivity contribution in [3.8, 4) is 0 Å². The number of esters is 1. The topological polar surface area (TPSA) is 97.2 Å². The number of carbonyl (C=O) groups is 2. The molecule has 21 heavy (non-hydrogen) atoms. The monoisotopic (exact) mass is 289 g/mol. The molecule has 1 aromatic heterocycles. The Morgan fingerprint density at radius 1 is 1.38 bits per heavy atom. The number of nitrogens with two attached hydrogens (primary N) is 1. The lowest BCUT2D eigenvalue weighted by molar-refractivity contribution is -0.144. The molecule has 1 heterocycles. The molecule has 112 valence electrons. The summed E-state index contributed by atoms with van der Waals surface area (Å²) in [5.41, 5.74) is 6.92. The molecule has 4 N–H and O–H groups in total. The van der Waals surface area contributed by atoms with Crippen LogP contribution in [0.5, 0.6) is 0 Å². The maximum atomic E-state index is 12.0. The first-order valence-corrected chi connectivity index (χ1v) is 6.89. The van der Waals surface area contributed by atoms with E-state index in [-0.39, 0.29) is 12.4 Å². The summed E-state index contributed by atoms with van der Waals surface area (Å²) in [6.45, 7) is 2.04. The fourth-order valence-electron chi connectivity index (χ4n) is 2.16. The van der Waals surface area contributed by atoms with E-state index in [1.165, 1.54) is 0 Å². The SMILES string of the molecule is CCOC(=O)[C@H](CCC(N)=O)Nc1c[nH]c2ccccc12. The average molecular weight is 289 g/mol. The number of ether oxygens (including phenoxy) is 1. The summed E-state index contributed by atoms with van der Waals surface area (Å²) in [5, 5.41) is 4.11. The summed E-state index contributed by atoms with van der Waals surface area (Å²) >= 11 is 0. The van der Waals surface area contributed by atoms with E-state index in [0.29, 0.717) is 13.0 Å². The van der Waals surface area contributed by atoms with Crippen LogP contribution < -0.4 is 11.1 Å². The van der Waals surface area contributed by atoms with E-state index >= 15 is 0 Å². The number of amides is 1. The maximum absolute atomic E-state index is 12.0. The van der Waals surface area contributed by atoms with E-state index in [2.05, 4.69) is 10.3 Å². The van der Waals surface area contributed by atoms with Crippen molar-refractivity contribution in [2.45, 2.75) is 25.8 Å². The van der Waals surface area contributed by atoms with E-state index in [0.717, 1.165) is 16.6 Å². The van der Waals surface area contributed by atoms with Gasteiger partial charge in [0, 0.05) is 23.5 Å². The molecule has 0 radical (unpaired) electrons. The van der Waals surface area contributed by atoms with Crippen molar-refractivity contribution in [2.24, 2.45) is 5.73 Å². The molecule has 0 saturated carbocycles. The van der Waals surface area contributed by atoms with E-state index < -0.39 is 11.9 Å². The average Bonchev–Trinajstić information content (AvgIpc) is 2.86. The third kappa shape index (κ3) is 3.75. The summed E-state index contributed by atoms with van der Waals surface area (Å²) in [6.07, 6.45) is 2.22. The summed E-state index contributed by atoms with van der Waals surface area (Å²) in [5.74, 6) is -0.825. The predicted molar refractivity (Wildman–Crippen MR) is 80.8 cm³/mol. The molecule has 1 atom stereocenters. The van der Waals surface area contributed by atoms with Crippen molar-refractivity contribution < 1.29 is 14.3 Å². The lowest BCUT2D eigenvalue weighted by Crippen LogP contribution is -2.32. The summed E-state index contributed by atoms with van der Waals surface area (Å²) in [4.78, 5) is 26.0. The molecule has 0 fully saturated rings. The first-order chi connectivity index (χ1) is 10.1. The molecule has 6 nitrogen and oxygen atoms in total. The van der Waals surface area contributed by atoms with E-state index in [9.17, 15) is 9.59 Å². The number of rotatable bonds is 7. The van der Waals surface area contributed by atoms with Crippen LogP contribution in [0.1, 0.15) is 19.8 Å². The van der Waals surface area contributed by atoms with Gasteiger partial charge in [-0.3, -0.25) is 4.79 Å². The van der Waals surface area contributed by atoms with Crippen LogP contribution >= 0.6 is 0 Å². The van der Waals surface area contributed by atoms with Crippen LogP contribution in [0.15, 0.2) is 30.5 Å². The Labute approximate surface area is 122 Å². The van der Waals surface area contributed by atoms with E-state index in [1.807, 2.05) is 24.3 Å². The number of hydrogen-bond acceptors (Lipinski definition) is 4. The Balaban J connectivity index is 2.16. The molecule has 0 saturated heterocycles. The normalized spacial score (nSPS) is 12.0. The van der Waals surface area contributed by atoms with E-state index in [1.54, 1.807) is 13.1 Å². The summed E-state index contributed by atoms with van der Waals surface area (Å²) in [6, 6.07) is 7.15. The molecule has 0 aliphatic rings. The van der Waals surface area contributed by atoms with Crippen molar-refractivity contribution in [3.63, 3.8) is 0 Å². The van der Waals surface area contributed by atoms with Gasteiger partial charge in [-0.15, -0.1) is 0 Å². The maximum Gasteiger partial charge on any atom is 0.328 e. The van der Waals surface area contributed by atoms with Gasteiger partial charge < -0.3 is 20.8 Å². The fourth-order valence-corrected chi connectivity index (χ4v) is 2.16. The Bertz CT molecular complexity index is 636. The van der Waals surface area contributed by atoms with Gasteiger partial charge in [-0.05, 0) is 19.4 Å². The Morgan fingerprint density at radius 2 is 2.14 bits per heavy atom. The molecule has 1 aromatic carbocycles. The van der Waals surface area contributed by atoms with Gasteiger partial charge in [0.1, 0.15) is 6.04 Å². The van der Waals surface area contributed by atoms with Crippen molar-refractivity contribution >= 4 is 28.5 Å². The molecule has 0 unspecified atom stereocenters. The van der Waals surface area contributed by atoms with Crippen molar-refractivity contribution in [2.75, 3.05) is 11.9 Å². The molecule has 2 rings (SSSR count). The first kappa shape index (κ1) is 14.9.